The summed E-state index contributed by atoms with van der Waals surface area (Å²) in [5.74, 6) is -4.42. The molecule has 4 rings (SSSR count). The highest BCUT2D eigenvalue weighted by molar-refractivity contribution is 6.33. The zero-order valence-corrected chi connectivity index (χ0v) is 17.7. The van der Waals surface area contributed by atoms with Gasteiger partial charge in [-0.3, -0.25) is 4.98 Å². The summed E-state index contributed by atoms with van der Waals surface area (Å²) in [6.07, 6.45) is -8.56. The molecule has 1 N–H and O–H groups in total. The molecule has 182 valence electrons. The molecule has 0 unspecified atom stereocenters. The zero-order valence-electron chi connectivity index (χ0n) is 16.9. The second-order valence-electron chi connectivity index (χ2n) is 7.13. The fraction of sp³-hybridized carbons (Fsp3) is 0.143. The van der Waals surface area contributed by atoms with Crippen molar-refractivity contribution in [1.82, 2.24) is 24.9 Å². The Labute approximate surface area is 195 Å². The number of aromatic nitrogens is 5. The first-order valence-corrected chi connectivity index (χ1v) is 9.79. The number of aromatic amines is 1. The van der Waals surface area contributed by atoms with Gasteiger partial charge in [-0.2, -0.15) is 35.1 Å². The number of rotatable bonds is 4. The molecule has 0 saturated heterocycles. The Morgan fingerprint density at radius 3 is 2.17 bits per heavy atom. The van der Waals surface area contributed by atoms with E-state index in [-0.39, 0.29) is 16.1 Å². The number of hydrogen-bond acceptors (Lipinski definition) is 4. The van der Waals surface area contributed by atoms with E-state index in [2.05, 4.69) is 31.5 Å². The average Bonchev–Trinajstić information content (AvgIpc) is 3.21. The minimum Gasteiger partial charge on any atom is -0.335 e. The molecule has 14 heteroatoms. The molecule has 0 aliphatic carbocycles. The van der Waals surface area contributed by atoms with Gasteiger partial charge in [0.2, 0.25) is 0 Å². The molecule has 0 aliphatic rings. The van der Waals surface area contributed by atoms with Crippen LogP contribution in [0.15, 0.2) is 49.2 Å². The quantitative estimate of drug-likeness (QED) is 0.232. The van der Waals surface area contributed by atoms with Crippen molar-refractivity contribution >= 4 is 22.8 Å². The van der Waals surface area contributed by atoms with Gasteiger partial charge in [-0.25, -0.2) is 15.0 Å². The lowest BCUT2D eigenvalue weighted by atomic mass is 10.1. The van der Waals surface area contributed by atoms with E-state index in [0.717, 1.165) is 24.4 Å². The molecule has 0 atom stereocenters. The Kier molecular flexibility index (Phi) is 5.78. The number of nitrogens with one attached hydrogen (secondary N) is 1. The van der Waals surface area contributed by atoms with E-state index in [4.69, 9.17) is 11.6 Å². The normalized spacial score (nSPS) is 12.8. The topological polar surface area (TPSA) is 67.3 Å². The first-order valence-electron chi connectivity index (χ1n) is 9.41. The van der Waals surface area contributed by atoms with Gasteiger partial charge in [-0.05, 0) is 36.4 Å². The lowest BCUT2D eigenvalue weighted by Gasteiger charge is -2.11. The van der Waals surface area contributed by atoms with Crippen LogP contribution in [0, 0.1) is 0 Å². The van der Waals surface area contributed by atoms with Gasteiger partial charge >= 0.3 is 18.3 Å². The number of pyridine rings is 1. The summed E-state index contributed by atoms with van der Waals surface area (Å²) in [5.41, 5.74) is -4.95. The van der Waals surface area contributed by atoms with Crippen LogP contribution in [0.5, 0.6) is 0 Å². The first-order chi connectivity index (χ1) is 16.2. The monoisotopic (exact) mass is 519 g/mol. The van der Waals surface area contributed by atoms with Crippen LogP contribution in [0.25, 0.3) is 33.9 Å². The Morgan fingerprint density at radius 2 is 1.60 bits per heavy atom. The molecule has 0 radical (unpaired) electrons. The van der Waals surface area contributed by atoms with Crippen molar-refractivity contribution in [3.05, 3.63) is 71.2 Å². The minimum absolute atomic E-state index is 0.136. The summed E-state index contributed by atoms with van der Waals surface area (Å²) in [6, 6.07) is 4.18. The van der Waals surface area contributed by atoms with Crippen LogP contribution in [0.3, 0.4) is 0 Å². The van der Waals surface area contributed by atoms with Crippen LogP contribution in [0.4, 0.5) is 35.1 Å². The number of H-pyrrole nitrogens is 1. The van der Waals surface area contributed by atoms with Gasteiger partial charge in [0.05, 0.1) is 10.6 Å². The summed E-state index contributed by atoms with van der Waals surface area (Å²) in [6.45, 7) is 2.99. The Morgan fingerprint density at radius 1 is 0.886 bits per heavy atom. The van der Waals surface area contributed by atoms with E-state index in [0.29, 0.717) is 18.2 Å². The van der Waals surface area contributed by atoms with Crippen molar-refractivity contribution in [3.63, 3.8) is 0 Å². The van der Waals surface area contributed by atoms with E-state index in [1.807, 2.05) is 0 Å². The molecule has 5 nitrogen and oxygen atoms in total. The highest BCUT2D eigenvalue weighted by Crippen LogP contribution is 2.38. The summed E-state index contributed by atoms with van der Waals surface area (Å²) in [7, 11) is 0. The fourth-order valence-electron chi connectivity index (χ4n) is 3.07. The van der Waals surface area contributed by atoms with Crippen LogP contribution in [0.1, 0.15) is 17.0 Å². The van der Waals surface area contributed by atoms with Crippen LogP contribution >= 0.6 is 11.6 Å². The molecule has 0 amide bonds. The van der Waals surface area contributed by atoms with Gasteiger partial charge in [0.25, 0.3) is 0 Å². The smallest absolute Gasteiger partial charge is 0.335 e. The lowest BCUT2D eigenvalue weighted by molar-refractivity contribution is -0.140. The van der Waals surface area contributed by atoms with E-state index in [9.17, 15) is 35.1 Å². The SMILES string of the molecule is C=CC(F)(F)c1ccc(-c2nc(C(F)(F)F)c3[nH]c(-c4cc(C(F)(F)F)ccc4Cl)nc3n2)cn1. The molecule has 4 aromatic rings. The predicted octanol–water partition coefficient (Wildman–Crippen LogP) is 7.05. The molecule has 1 aromatic carbocycles. The molecule has 0 fully saturated rings. The highest BCUT2D eigenvalue weighted by Gasteiger charge is 2.38. The summed E-state index contributed by atoms with van der Waals surface area (Å²) < 4.78 is 108. The third-order valence-corrected chi connectivity index (χ3v) is 5.12. The molecule has 35 heavy (non-hydrogen) atoms. The zero-order chi connectivity index (χ0) is 25.8. The summed E-state index contributed by atoms with van der Waals surface area (Å²) in [5, 5.41) is -0.207. The Balaban J connectivity index is 1.88. The van der Waals surface area contributed by atoms with E-state index in [1.54, 1.807) is 0 Å². The van der Waals surface area contributed by atoms with Crippen LogP contribution in [0.2, 0.25) is 5.02 Å². The molecule has 3 heterocycles. The number of benzene rings is 1. The maximum atomic E-state index is 13.8. The van der Waals surface area contributed by atoms with Crippen molar-refractivity contribution in [2.24, 2.45) is 0 Å². The number of hydrogen-bond donors (Lipinski definition) is 1. The van der Waals surface area contributed by atoms with Gasteiger partial charge in [-0.15, -0.1) is 0 Å². The molecular weight excluding hydrogens is 510 g/mol. The molecule has 0 saturated carbocycles. The van der Waals surface area contributed by atoms with E-state index >= 15 is 0 Å². The number of fused-ring (bicyclic) bond motifs is 1. The Hall–Kier alpha value is -3.61. The van der Waals surface area contributed by atoms with Crippen molar-refractivity contribution in [2.45, 2.75) is 18.3 Å². The van der Waals surface area contributed by atoms with Crippen LogP contribution in [-0.4, -0.2) is 24.9 Å². The second-order valence-corrected chi connectivity index (χ2v) is 7.54. The van der Waals surface area contributed by atoms with Crippen LogP contribution in [-0.2, 0) is 18.3 Å². The molecular formula is C21H10ClF8N5. The third-order valence-electron chi connectivity index (χ3n) is 4.79. The number of allylic oxidation sites excluding steroid dienone is 1. The van der Waals surface area contributed by atoms with Crippen LogP contribution < -0.4 is 0 Å². The average molecular weight is 520 g/mol. The first kappa shape index (κ1) is 24.5. The summed E-state index contributed by atoms with van der Waals surface area (Å²) >= 11 is 5.97. The van der Waals surface area contributed by atoms with Crippen molar-refractivity contribution in [3.8, 4) is 22.8 Å². The standard InChI is InChI=1S/C21H10ClF8N5/c1-2-19(23,24)13-6-3-9(8-31-13)16-33-15(21(28,29)30)14-18(34-16)35-17(32-14)11-7-10(20(25,26)27)4-5-12(11)22/h2-8H,1H2,(H,32,33,34,35). The van der Waals surface area contributed by atoms with E-state index < -0.39 is 58.0 Å². The van der Waals surface area contributed by atoms with Gasteiger partial charge in [0.1, 0.15) is 17.0 Å². The maximum Gasteiger partial charge on any atom is 0.435 e. The van der Waals surface area contributed by atoms with Gasteiger partial charge in [0.15, 0.2) is 17.2 Å². The third kappa shape index (κ3) is 4.67. The highest BCUT2D eigenvalue weighted by atomic mass is 35.5. The number of alkyl halides is 8. The maximum absolute atomic E-state index is 13.8. The molecule has 0 aliphatic heterocycles. The summed E-state index contributed by atoms with van der Waals surface area (Å²) in [4.78, 5) is 17.1. The lowest BCUT2D eigenvalue weighted by Crippen LogP contribution is -2.12. The molecule has 0 bridgehead atoms. The number of nitrogens with zero attached hydrogens (tertiary/aromatic N) is 4. The van der Waals surface area contributed by atoms with Crippen molar-refractivity contribution in [1.29, 1.82) is 0 Å². The largest absolute Gasteiger partial charge is 0.435 e. The van der Waals surface area contributed by atoms with Gasteiger partial charge in [0, 0.05) is 17.3 Å². The van der Waals surface area contributed by atoms with Crippen molar-refractivity contribution < 1.29 is 35.1 Å². The van der Waals surface area contributed by atoms with Gasteiger partial charge in [-0.1, -0.05) is 18.2 Å². The van der Waals surface area contributed by atoms with E-state index in [1.165, 1.54) is 0 Å². The Bertz CT molecular complexity index is 1420. The predicted molar refractivity (Wildman–Crippen MR) is 109 cm³/mol. The molecule has 3 aromatic heterocycles. The molecule has 0 spiro atoms. The minimum atomic E-state index is -5.03. The fourth-order valence-corrected chi connectivity index (χ4v) is 3.28. The number of imidazole rings is 1. The van der Waals surface area contributed by atoms with Crippen molar-refractivity contribution in [2.75, 3.05) is 0 Å². The second kappa shape index (κ2) is 8.26. The van der Waals surface area contributed by atoms with Gasteiger partial charge < -0.3 is 4.98 Å². The number of halogens is 9.